The monoisotopic (exact) mass is 344 g/mol. The number of hydrogen-bond donors (Lipinski definition) is 4. The van der Waals surface area contributed by atoms with E-state index in [2.05, 4.69) is 0 Å². The molecule has 0 radical (unpaired) electrons. The molecule has 1 rings (SSSR count). The summed E-state index contributed by atoms with van der Waals surface area (Å²) in [5.74, 6) is -0.752. The van der Waals surface area contributed by atoms with Crippen LogP contribution in [0.2, 0.25) is 0 Å². The predicted octanol–water partition coefficient (Wildman–Crippen LogP) is 2.01. The molecular formula is C18H32O6. The number of rotatable bonds is 12. The maximum atomic E-state index is 10.4. The fraction of sp³-hybridized carbons (Fsp3) is 0.833. The highest BCUT2D eigenvalue weighted by molar-refractivity contribution is 5.66. The van der Waals surface area contributed by atoms with E-state index in [1.54, 1.807) is 12.2 Å². The molecule has 1 fully saturated rings. The molecule has 5 atom stereocenters. The largest absolute Gasteiger partial charge is 0.481 e. The van der Waals surface area contributed by atoms with Crippen molar-refractivity contribution in [1.29, 1.82) is 0 Å². The van der Waals surface area contributed by atoms with Gasteiger partial charge in [0.25, 0.3) is 0 Å². The van der Waals surface area contributed by atoms with Gasteiger partial charge in [-0.15, -0.1) is 0 Å². The van der Waals surface area contributed by atoms with Gasteiger partial charge in [-0.1, -0.05) is 44.8 Å². The van der Waals surface area contributed by atoms with Crippen molar-refractivity contribution in [2.45, 2.75) is 95.2 Å². The van der Waals surface area contributed by atoms with Gasteiger partial charge in [0.2, 0.25) is 0 Å². The average molecular weight is 344 g/mol. The van der Waals surface area contributed by atoms with E-state index in [0.29, 0.717) is 25.7 Å². The van der Waals surface area contributed by atoms with Gasteiger partial charge in [0, 0.05) is 12.8 Å². The minimum absolute atomic E-state index is 0.220. The SMILES string of the molecule is CC[C@H](O)/C=C/[C@@H]1O[C@H]([C@H](O)CCCCCCCC(=O)O)C[C@@H]1O. The topological polar surface area (TPSA) is 107 Å². The summed E-state index contributed by atoms with van der Waals surface area (Å²) >= 11 is 0. The molecule has 1 aliphatic heterocycles. The Balaban J connectivity index is 2.18. The van der Waals surface area contributed by atoms with Crippen LogP contribution in [0.15, 0.2) is 12.2 Å². The van der Waals surface area contributed by atoms with Crippen LogP contribution in [0.4, 0.5) is 0 Å². The number of carboxylic acid groups (broad SMARTS) is 1. The summed E-state index contributed by atoms with van der Waals surface area (Å²) in [5.41, 5.74) is 0. The van der Waals surface area contributed by atoms with Crippen molar-refractivity contribution in [2.75, 3.05) is 0 Å². The molecule has 0 spiro atoms. The summed E-state index contributed by atoms with van der Waals surface area (Å²) in [7, 11) is 0. The molecule has 1 saturated heterocycles. The Hall–Kier alpha value is -0.950. The van der Waals surface area contributed by atoms with Crippen molar-refractivity contribution < 1.29 is 30.0 Å². The Morgan fingerprint density at radius 1 is 1.21 bits per heavy atom. The zero-order valence-electron chi connectivity index (χ0n) is 14.5. The maximum Gasteiger partial charge on any atom is 0.303 e. The summed E-state index contributed by atoms with van der Waals surface area (Å²) < 4.78 is 5.69. The molecule has 0 aromatic carbocycles. The number of hydrogen-bond acceptors (Lipinski definition) is 5. The van der Waals surface area contributed by atoms with Crippen LogP contribution >= 0.6 is 0 Å². The van der Waals surface area contributed by atoms with E-state index in [9.17, 15) is 20.1 Å². The predicted molar refractivity (Wildman–Crippen MR) is 90.7 cm³/mol. The highest BCUT2D eigenvalue weighted by Gasteiger charge is 2.36. The van der Waals surface area contributed by atoms with Gasteiger partial charge in [0.05, 0.1) is 24.4 Å². The lowest BCUT2D eigenvalue weighted by molar-refractivity contribution is -0.137. The summed E-state index contributed by atoms with van der Waals surface area (Å²) in [6, 6.07) is 0. The van der Waals surface area contributed by atoms with Crippen LogP contribution in [0, 0.1) is 0 Å². The second-order valence-corrected chi connectivity index (χ2v) is 6.57. The van der Waals surface area contributed by atoms with E-state index in [1.807, 2.05) is 6.92 Å². The molecular weight excluding hydrogens is 312 g/mol. The zero-order chi connectivity index (χ0) is 17.9. The van der Waals surface area contributed by atoms with E-state index in [0.717, 1.165) is 25.7 Å². The average Bonchev–Trinajstić information content (AvgIpc) is 2.92. The molecule has 0 aliphatic carbocycles. The van der Waals surface area contributed by atoms with Crippen LogP contribution in [-0.4, -0.2) is 56.9 Å². The molecule has 140 valence electrons. The lowest BCUT2D eigenvalue weighted by atomic mass is 10.0. The van der Waals surface area contributed by atoms with Gasteiger partial charge < -0.3 is 25.2 Å². The normalized spacial score (nSPS) is 26.8. The number of aliphatic hydroxyl groups is 3. The maximum absolute atomic E-state index is 10.4. The third kappa shape index (κ3) is 8.24. The van der Waals surface area contributed by atoms with Crippen molar-refractivity contribution in [2.24, 2.45) is 0 Å². The summed E-state index contributed by atoms with van der Waals surface area (Å²) in [6.45, 7) is 1.87. The zero-order valence-corrected chi connectivity index (χ0v) is 14.5. The molecule has 0 bridgehead atoms. The van der Waals surface area contributed by atoms with Gasteiger partial charge in [-0.3, -0.25) is 4.79 Å². The molecule has 0 aromatic rings. The van der Waals surface area contributed by atoms with Crippen LogP contribution in [-0.2, 0) is 9.53 Å². The van der Waals surface area contributed by atoms with E-state index in [-0.39, 0.29) is 12.5 Å². The van der Waals surface area contributed by atoms with E-state index >= 15 is 0 Å². The van der Waals surface area contributed by atoms with Crippen LogP contribution in [0.5, 0.6) is 0 Å². The smallest absolute Gasteiger partial charge is 0.303 e. The first-order valence-electron chi connectivity index (χ1n) is 9.03. The standard InChI is InChI=1S/C18H32O6/c1-2-13(19)10-11-16-15(21)12-17(24-16)14(20)8-6-4-3-5-7-9-18(22)23/h10-11,13-17,19-21H,2-9,12H2,1H3,(H,22,23)/b11-10+/t13-,14+,15-,16-,17-/m0/s1. The van der Waals surface area contributed by atoms with Gasteiger partial charge in [-0.2, -0.15) is 0 Å². The van der Waals surface area contributed by atoms with Gasteiger partial charge >= 0.3 is 5.97 Å². The minimum Gasteiger partial charge on any atom is -0.481 e. The number of unbranched alkanes of at least 4 members (excludes halogenated alkanes) is 4. The molecule has 4 N–H and O–H groups in total. The van der Waals surface area contributed by atoms with Gasteiger partial charge in [0.15, 0.2) is 0 Å². The van der Waals surface area contributed by atoms with Crippen LogP contribution < -0.4 is 0 Å². The van der Waals surface area contributed by atoms with Crippen LogP contribution in [0.1, 0.15) is 64.7 Å². The lowest BCUT2D eigenvalue weighted by Gasteiger charge is -2.18. The summed E-state index contributed by atoms with van der Waals surface area (Å²) in [4.78, 5) is 10.4. The highest BCUT2D eigenvalue weighted by atomic mass is 16.5. The molecule has 0 saturated carbocycles. The summed E-state index contributed by atoms with van der Waals surface area (Å²) in [5, 5.41) is 38.2. The van der Waals surface area contributed by atoms with Crippen LogP contribution in [0.25, 0.3) is 0 Å². The van der Waals surface area contributed by atoms with E-state index in [4.69, 9.17) is 9.84 Å². The van der Waals surface area contributed by atoms with E-state index in [1.165, 1.54) is 0 Å². The molecule has 6 heteroatoms. The number of aliphatic hydroxyl groups excluding tert-OH is 3. The molecule has 0 aromatic heterocycles. The molecule has 0 unspecified atom stereocenters. The lowest BCUT2D eigenvalue weighted by Crippen LogP contribution is -2.26. The minimum atomic E-state index is -0.752. The fourth-order valence-corrected chi connectivity index (χ4v) is 2.86. The third-order valence-electron chi connectivity index (χ3n) is 4.45. The molecule has 6 nitrogen and oxygen atoms in total. The Morgan fingerprint density at radius 2 is 1.88 bits per heavy atom. The van der Waals surface area contributed by atoms with Gasteiger partial charge in [-0.05, 0) is 19.3 Å². The first kappa shape index (κ1) is 21.1. The molecule has 24 heavy (non-hydrogen) atoms. The highest BCUT2D eigenvalue weighted by Crippen LogP contribution is 2.26. The van der Waals surface area contributed by atoms with Gasteiger partial charge in [0.1, 0.15) is 6.10 Å². The van der Waals surface area contributed by atoms with Crippen molar-refractivity contribution in [3.05, 3.63) is 12.2 Å². The van der Waals surface area contributed by atoms with E-state index < -0.39 is 30.4 Å². The van der Waals surface area contributed by atoms with Crippen molar-refractivity contribution in [3.63, 3.8) is 0 Å². The molecule has 1 heterocycles. The quantitative estimate of drug-likeness (QED) is 0.319. The number of carbonyl (C=O) groups is 1. The number of aliphatic carboxylic acids is 1. The third-order valence-corrected chi connectivity index (χ3v) is 4.45. The Bertz CT molecular complexity index is 384. The Morgan fingerprint density at radius 3 is 2.54 bits per heavy atom. The number of ether oxygens (including phenoxy) is 1. The molecule has 1 aliphatic rings. The van der Waals surface area contributed by atoms with Crippen molar-refractivity contribution in [1.82, 2.24) is 0 Å². The van der Waals surface area contributed by atoms with Crippen LogP contribution in [0.3, 0.4) is 0 Å². The summed E-state index contributed by atoms with van der Waals surface area (Å²) in [6.07, 6.45) is 6.89. The fourth-order valence-electron chi connectivity index (χ4n) is 2.86. The van der Waals surface area contributed by atoms with Gasteiger partial charge in [-0.25, -0.2) is 0 Å². The van der Waals surface area contributed by atoms with Crippen molar-refractivity contribution in [3.8, 4) is 0 Å². The molecule has 0 amide bonds. The second kappa shape index (κ2) is 11.6. The first-order valence-corrected chi connectivity index (χ1v) is 9.03. The second-order valence-electron chi connectivity index (χ2n) is 6.57. The van der Waals surface area contributed by atoms with Crippen molar-refractivity contribution >= 4 is 5.97 Å². The first-order chi connectivity index (χ1) is 11.4. The Kier molecular flexibility index (Phi) is 10.2. The number of carboxylic acids is 1. The Labute approximate surface area is 144 Å².